The second kappa shape index (κ2) is 10.2. The maximum absolute atomic E-state index is 12.5. The molecule has 0 bridgehead atoms. The van der Waals surface area contributed by atoms with Gasteiger partial charge in [0.25, 0.3) is 0 Å². The van der Waals surface area contributed by atoms with Crippen molar-refractivity contribution in [2.24, 2.45) is 5.73 Å². The number of esters is 2. The Hall–Kier alpha value is -2.97. The molecular weight excluding hydrogens is 354 g/mol. The molecule has 1 aromatic rings. The number of carbonyl (C=O) groups is 4. The van der Waals surface area contributed by atoms with Gasteiger partial charge in [-0.25, -0.2) is 14.2 Å². The monoisotopic (exact) mass is 380 g/mol. The quantitative estimate of drug-likeness (QED) is 0.330. The number of nitrogens with two attached hydrogens (primary N) is 1. The van der Waals surface area contributed by atoms with Crippen molar-refractivity contribution in [1.82, 2.24) is 5.32 Å². The first-order valence-electron chi connectivity index (χ1n) is 8.69. The topological polar surface area (TPSA) is 129 Å². The van der Waals surface area contributed by atoms with Crippen molar-refractivity contribution < 1.29 is 33.2 Å². The lowest BCUT2D eigenvalue weighted by Gasteiger charge is -2.29. The van der Waals surface area contributed by atoms with E-state index in [1.165, 1.54) is 6.92 Å². The lowest BCUT2D eigenvalue weighted by atomic mass is 9.92. The molecule has 3 N–H and O–H groups in total. The predicted molar refractivity (Wildman–Crippen MR) is 94.2 cm³/mol. The molecule has 0 aliphatic heterocycles. The third kappa shape index (κ3) is 6.05. The third-order valence-electron chi connectivity index (χ3n) is 3.78. The van der Waals surface area contributed by atoms with Gasteiger partial charge in [0, 0.05) is 25.5 Å². The number of aryl methyl sites for hydroxylation is 1. The van der Waals surface area contributed by atoms with Crippen LogP contribution in [0.3, 0.4) is 0 Å². The molecule has 148 valence electrons. The van der Waals surface area contributed by atoms with E-state index in [1.807, 2.05) is 0 Å². The van der Waals surface area contributed by atoms with Gasteiger partial charge in [0.05, 0.1) is 18.8 Å². The highest BCUT2D eigenvalue weighted by Crippen LogP contribution is 2.19. The van der Waals surface area contributed by atoms with Crippen LogP contribution in [0, 0.1) is 0 Å². The Bertz CT molecular complexity index is 669. The summed E-state index contributed by atoms with van der Waals surface area (Å²) >= 11 is 0. The SMILES string of the molecule is CCOC(=O)C(CCC[n+]1ccc(C(N)=O)cc1)(NC(C)=O)C(=O)OCC. The highest BCUT2D eigenvalue weighted by molar-refractivity contribution is 6.07. The Kier molecular flexibility index (Phi) is 8.37. The summed E-state index contributed by atoms with van der Waals surface area (Å²) in [4.78, 5) is 47.7. The first kappa shape index (κ1) is 22.1. The van der Waals surface area contributed by atoms with Gasteiger partial charge in [-0.3, -0.25) is 9.59 Å². The van der Waals surface area contributed by atoms with E-state index in [9.17, 15) is 19.2 Å². The van der Waals surface area contributed by atoms with Crippen LogP contribution in [-0.4, -0.2) is 42.5 Å². The average molecular weight is 380 g/mol. The molecule has 0 unspecified atom stereocenters. The van der Waals surface area contributed by atoms with Gasteiger partial charge in [-0.15, -0.1) is 0 Å². The van der Waals surface area contributed by atoms with Crippen molar-refractivity contribution in [3.8, 4) is 0 Å². The van der Waals surface area contributed by atoms with Crippen molar-refractivity contribution >= 4 is 23.8 Å². The van der Waals surface area contributed by atoms with Crippen LogP contribution in [0.15, 0.2) is 24.5 Å². The zero-order valence-corrected chi connectivity index (χ0v) is 15.8. The highest BCUT2D eigenvalue weighted by Gasteiger charge is 2.49. The molecule has 9 heteroatoms. The van der Waals surface area contributed by atoms with Gasteiger partial charge in [-0.2, -0.15) is 0 Å². The normalized spacial score (nSPS) is 10.8. The second-order valence-corrected chi connectivity index (χ2v) is 5.82. The van der Waals surface area contributed by atoms with Crippen molar-refractivity contribution in [1.29, 1.82) is 0 Å². The Morgan fingerprint density at radius 3 is 2.00 bits per heavy atom. The van der Waals surface area contributed by atoms with Crippen molar-refractivity contribution in [2.75, 3.05) is 13.2 Å². The van der Waals surface area contributed by atoms with Gasteiger partial charge in [0.1, 0.15) is 6.54 Å². The van der Waals surface area contributed by atoms with Crippen LogP contribution in [0.1, 0.15) is 44.0 Å². The molecule has 0 fully saturated rings. The molecule has 0 aliphatic rings. The number of hydrogen-bond acceptors (Lipinski definition) is 6. The number of aromatic nitrogens is 1. The molecule has 9 nitrogen and oxygen atoms in total. The zero-order valence-electron chi connectivity index (χ0n) is 15.8. The summed E-state index contributed by atoms with van der Waals surface area (Å²) in [5, 5.41) is 2.41. The minimum absolute atomic E-state index is 0.00514. The van der Waals surface area contributed by atoms with Gasteiger partial charge in [-0.05, 0) is 20.3 Å². The van der Waals surface area contributed by atoms with E-state index in [1.54, 1.807) is 42.9 Å². The third-order valence-corrected chi connectivity index (χ3v) is 3.78. The van der Waals surface area contributed by atoms with Crippen molar-refractivity contribution in [3.63, 3.8) is 0 Å². The summed E-state index contributed by atoms with van der Waals surface area (Å²) in [6.45, 7) is 4.98. The van der Waals surface area contributed by atoms with E-state index in [4.69, 9.17) is 15.2 Å². The molecule has 0 spiro atoms. The second-order valence-electron chi connectivity index (χ2n) is 5.82. The summed E-state index contributed by atoms with van der Waals surface area (Å²) in [7, 11) is 0. The lowest BCUT2D eigenvalue weighted by molar-refractivity contribution is -0.697. The van der Waals surface area contributed by atoms with E-state index >= 15 is 0 Å². The molecule has 1 heterocycles. The number of pyridine rings is 1. The standard InChI is InChI=1S/C18H25N3O6/c1-4-26-16(24)18(20-13(3)22,17(25)27-5-2)9-6-10-21-11-7-14(8-12-21)15(19)23/h7-8,11-12H,4-6,9-10H2,1-3H3,(H2-,19,20,22,23)/p+1. The minimum Gasteiger partial charge on any atom is -0.464 e. The summed E-state index contributed by atoms with van der Waals surface area (Å²) in [5.74, 6) is -2.79. The molecule has 0 aliphatic carbocycles. The number of amides is 2. The summed E-state index contributed by atoms with van der Waals surface area (Å²) in [5.41, 5.74) is 3.67. The summed E-state index contributed by atoms with van der Waals surface area (Å²) < 4.78 is 11.8. The Morgan fingerprint density at radius 1 is 1.07 bits per heavy atom. The number of nitrogens with one attached hydrogen (secondary N) is 1. The molecule has 1 rings (SSSR count). The first-order valence-corrected chi connectivity index (χ1v) is 8.69. The molecule has 0 atom stereocenters. The predicted octanol–water partition coefficient (Wildman–Crippen LogP) is -0.146. The minimum atomic E-state index is -1.90. The van der Waals surface area contributed by atoms with E-state index in [-0.39, 0.29) is 19.6 Å². The van der Waals surface area contributed by atoms with Crippen LogP contribution in [0.25, 0.3) is 0 Å². The summed E-state index contributed by atoms with van der Waals surface area (Å²) in [6, 6.07) is 3.14. The highest BCUT2D eigenvalue weighted by atomic mass is 16.6. The van der Waals surface area contributed by atoms with Crippen LogP contribution >= 0.6 is 0 Å². The van der Waals surface area contributed by atoms with E-state index in [0.717, 1.165) is 0 Å². The fourth-order valence-electron chi connectivity index (χ4n) is 2.56. The molecule has 2 amide bonds. The fraction of sp³-hybridized carbons (Fsp3) is 0.500. The van der Waals surface area contributed by atoms with Crippen LogP contribution in [0.5, 0.6) is 0 Å². The molecule has 0 saturated carbocycles. The van der Waals surface area contributed by atoms with Gasteiger partial charge in [0.15, 0.2) is 12.4 Å². The van der Waals surface area contributed by atoms with E-state index in [0.29, 0.717) is 18.5 Å². The van der Waals surface area contributed by atoms with E-state index < -0.39 is 29.3 Å². The fourth-order valence-corrected chi connectivity index (χ4v) is 2.56. The van der Waals surface area contributed by atoms with Gasteiger partial charge in [-0.1, -0.05) is 0 Å². The number of nitrogens with zero attached hydrogens (tertiary/aromatic N) is 1. The summed E-state index contributed by atoms with van der Waals surface area (Å²) in [6.07, 6.45) is 3.68. The molecule has 0 saturated heterocycles. The van der Waals surface area contributed by atoms with Crippen molar-refractivity contribution in [3.05, 3.63) is 30.1 Å². The maximum Gasteiger partial charge on any atom is 0.343 e. The Morgan fingerprint density at radius 2 is 1.59 bits per heavy atom. The zero-order chi connectivity index (χ0) is 20.4. The number of rotatable bonds is 10. The molecular formula is C18H26N3O6+. The van der Waals surface area contributed by atoms with E-state index in [2.05, 4.69) is 5.32 Å². The Balaban J connectivity index is 2.97. The molecule has 1 aromatic heterocycles. The number of carbonyl (C=O) groups excluding carboxylic acids is 4. The average Bonchev–Trinajstić information content (AvgIpc) is 2.61. The van der Waals surface area contributed by atoms with Crippen LogP contribution in [0.4, 0.5) is 0 Å². The molecule has 0 radical (unpaired) electrons. The largest absolute Gasteiger partial charge is 0.464 e. The van der Waals surface area contributed by atoms with Gasteiger partial charge in [0.2, 0.25) is 17.4 Å². The molecule has 27 heavy (non-hydrogen) atoms. The number of hydrogen-bond donors (Lipinski definition) is 2. The van der Waals surface area contributed by atoms with Crippen LogP contribution < -0.4 is 15.6 Å². The number of primary amides is 1. The van der Waals surface area contributed by atoms with Gasteiger partial charge >= 0.3 is 11.9 Å². The number of ether oxygens (including phenoxy) is 2. The van der Waals surface area contributed by atoms with Crippen LogP contribution in [0.2, 0.25) is 0 Å². The maximum atomic E-state index is 12.5. The molecule has 0 aromatic carbocycles. The lowest BCUT2D eigenvalue weighted by Crippen LogP contribution is -2.61. The van der Waals surface area contributed by atoms with Crippen LogP contribution in [-0.2, 0) is 30.4 Å². The first-order chi connectivity index (χ1) is 12.8. The Labute approximate surface area is 157 Å². The van der Waals surface area contributed by atoms with Crippen molar-refractivity contribution in [2.45, 2.75) is 45.7 Å². The smallest absolute Gasteiger partial charge is 0.343 e. The van der Waals surface area contributed by atoms with Gasteiger partial charge < -0.3 is 20.5 Å².